The molecule has 0 radical (unpaired) electrons. The quantitative estimate of drug-likeness (QED) is 0.224. The first-order valence-corrected chi connectivity index (χ1v) is 14.4. The number of carbonyl (C=O) groups excluding carboxylic acids is 1. The Kier molecular flexibility index (Phi) is 6.76. The van der Waals surface area contributed by atoms with Crippen molar-refractivity contribution in [3.8, 4) is 5.88 Å². The van der Waals surface area contributed by atoms with Gasteiger partial charge in [-0.3, -0.25) is 14.6 Å². The zero-order valence-corrected chi connectivity index (χ0v) is 25.3. The lowest BCUT2D eigenvalue weighted by Gasteiger charge is -2.11. The van der Waals surface area contributed by atoms with Crippen molar-refractivity contribution in [2.45, 2.75) is 53.9 Å². The Morgan fingerprint density at radius 2 is 1.70 bits per heavy atom. The van der Waals surface area contributed by atoms with Crippen LogP contribution in [-0.2, 0) is 16.0 Å². The molecule has 0 fully saturated rings. The second-order valence-corrected chi connectivity index (χ2v) is 11.2. The third kappa shape index (κ3) is 4.34. The number of ether oxygens (including phenoxy) is 1. The zero-order chi connectivity index (χ0) is 30.7. The van der Waals surface area contributed by atoms with E-state index >= 15 is 0 Å². The van der Waals surface area contributed by atoms with Crippen molar-refractivity contribution in [2.24, 2.45) is 4.99 Å². The van der Waals surface area contributed by atoms with Gasteiger partial charge in [-0.2, -0.15) is 0 Å². The van der Waals surface area contributed by atoms with Gasteiger partial charge >= 0.3 is 5.97 Å². The minimum Gasteiger partial charge on any atom is -0.494 e. The molecule has 5 N–H and O–H groups in total. The molecule has 0 spiro atoms. The van der Waals surface area contributed by atoms with Gasteiger partial charge in [-0.1, -0.05) is 19.6 Å². The smallest absolute Gasteiger partial charge is 0.305 e. The molecule has 0 unspecified atom stereocenters. The number of aromatic nitrogens is 4. The van der Waals surface area contributed by atoms with Crippen molar-refractivity contribution >= 4 is 46.9 Å². The monoisotopic (exact) mass is 577 g/mol. The molecule has 4 aromatic heterocycles. The lowest BCUT2D eigenvalue weighted by Crippen LogP contribution is -2.13. The van der Waals surface area contributed by atoms with Gasteiger partial charge in [0.05, 0.1) is 35.0 Å². The van der Waals surface area contributed by atoms with E-state index in [-0.39, 0.29) is 18.3 Å². The highest BCUT2D eigenvalue weighted by atomic mass is 16.5. The maximum Gasteiger partial charge on any atom is 0.305 e. The second kappa shape index (κ2) is 10.3. The number of aromatic amines is 4. The lowest BCUT2D eigenvalue weighted by atomic mass is 9.95. The summed E-state index contributed by atoms with van der Waals surface area (Å²) in [5.41, 5.74) is 11.0. The van der Waals surface area contributed by atoms with Gasteiger partial charge in [-0.25, -0.2) is 4.99 Å². The molecule has 0 atom stereocenters. The van der Waals surface area contributed by atoms with Crippen LogP contribution in [0, 0.1) is 20.8 Å². The summed E-state index contributed by atoms with van der Waals surface area (Å²) < 4.78 is 4.92. The number of aryl methyl sites for hydroxylation is 1. The Morgan fingerprint density at radius 3 is 2.40 bits per heavy atom. The number of pyridine rings is 1. The number of hydrogen-bond acceptors (Lipinski definition) is 5. The van der Waals surface area contributed by atoms with Crippen LogP contribution in [0.15, 0.2) is 33.2 Å². The van der Waals surface area contributed by atoms with E-state index in [1.807, 2.05) is 39.0 Å². The van der Waals surface area contributed by atoms with Crippen molar-refractivity contribution in [3.63, 3.8) is 0 Å². The Morgan fingerprint density at radius 1 is 0.977 bits per heavy atom. The highest BCUT2D eigenvalue weighted by Gasteiger charge is 2.29. The summed E-state index contributed by atoms with van der Waals surface area (Å²) >= 11 is 0. The van der Waals surface area contributed by atoms with Gasteiger partial charge in [0.25, 0.3) is 5.56 Å². The molecule has 9 heteroatoms. The molecular formula is C34H35N5O4. The van der Waals surface area contributed by atoms with E-state index in [9.17, 15) is 14.7 Å². The fourth-order valence-electron chi connectivity index (χ4n) is 6.40. The predicted molar refractivity (Wildman–Crippen MR) is 171 cm³/mol. The number of aromatic hydroxyl groups is 1. The van der Waals surface area contributed by atoms with Gasteiger partial charge in [0.2, 0.25) is 5.88 Å². The van der Waals surface area contributed by atoms with Crippen LogP contribution in [0.1, 0.15) is 77.2 Å². The molecule has 2 aliphatic heterocycles. The molecule has 0 aliphatic carbocycles. The number of rotatable bonds is 5. The third-order valence-electron chi connectivity index (χ3n) is 8.87. The van der Waals surface area contributed by atoms with E-state index < -0.39 is 5.56 Å². The molecule has 2 aliphatic rings. The van der Waals surface area contributed by atoms with Gasteiger partial charge < -0.3 is 24.8 Å². The summed E-state index contributed by atoms with van der Waals surface area (Å²) in [7, 11) is 1.36. The highest BCUT2D eigenvalue weighted by Crippen LogP contribution is 2.38. The molecule has 0 saturated carbocycles. The normalized spacial score (nSPS) is 14.1. The number of nitrogens with one attached hydrogen (secondary N) is 4. The average molecular weight is 578 g/mol. The van der Waals surface area contributed by atoms with Gasteiger partial charge in [0, 0.05) is 39.8 Å². The Balaban J connectivity index is 1.77. The lowest BCUT2D eigenvalue weighted by molar-refractivity contribution is -0.140. The average Bonchev–Trinajstić information content (AvgIpc) is 3.65. The van der Waals surface area contributed by atoms with Crippen molar-refractivity contribution in [1.29, 1.82) is 0 Å². The van der Waals surface area contributed by atoms with Gasteiger partial charge in [-0.15, -0.1) is 0 Å². The molecule has 43 heavy (non-hydrogen) atoms. The van der Waals surface area contributed by atoms with Crippen LogP contribution < -0.4 is 16.3 Å². The maximum absolute atomic E-state index is 13.2. The van der Waals surface area contributed by atoms with Crippen LogP contribution in [0.25, 0.3) is 35.2 Å². The summed E-state index contributed by atoms with van der Waals surface area (Å²) in [4.78, 5) is 43.7. The molecule has 4 aromatic rings. The molecule has 9 nitrogen and oxygen atoms in total. The first kappa shape index (κ1) is 28.1. The minimum atomic E-state index is -0.396. The largest absolute Gasteiger partial charge is 0.494 e. The van der Waals surface area contributed by atoms with E-state index in [0.29, 0.717) is 34.3 Å². The number of allylic oxidation sites excluding steroid dienone is 2. The zero-order valence-electron chi connectivity index (χ0n) is 25.3. The third-order valence-corrected chi connectivity index (χ3v) is 8.87. The van der Waals surface area contributed by atoms with Crippen molar-refractivity contribution in [1.82, 2.24) is 19.9 Å². The Hall–Kier alpha value is -5.05. The number of esters is 1. The SMILES string of the molecule is C=Cc1c2[nH]c(c1C)C=C1N=C(C(CCC(=O)OC)=C1C)c1c(O)[nH]c(=O)c3c(C)c([nH]c13)C=c1[nH]c(c(C)c1CC)=C2. The van der Waals surface area contributed by atoms with Crippen LogP contribution in [0.3, 0.4) is 0 Å². The van der Waals surface area contributed by atoms with E-state index in [4.69, 9.17) is 9.73 Å². The van der Waals surface area contributed by atoms with Crippen molar-refractivity contribution < 1.29 is 14.6 Å². The molecule has 220 valence electrons. The van der Waals surface area contributed by atoms with E-state index in [0.717, 1.165) is 67.6 Å². The molecule has 0 saturated heterocycles. The van der Waals surface area contributed by atoms with E-state index in [2.05, 4.69) is 46.4 Å². The van der Waals surface area contributed by atoms with Crippen molar-refractivity contribution in [3.05, 3.63) is 94.9 Å². The van der Waals surface area contributed by atoms with Gasteiger partial charge in [-0.05, 0) is 92.2 Å². The predicted octanol–water partition coefficient (Wildman–Crippen LogP) is 4.43. The standard InChI is InChI=1S/C34H35N5O4/c1-8-19-15(3)22-12-24-17(5)21(10-11-28(40)43-7)31(37-24)30-32-29(33(41)39-34(30)42)18(6)25(38-32)14-27-20(9-2)16(4)23(36-27)13-26(19)35-22/h8,12-14,35-36,38H,1,9-11H2,2-7H3,(H2,39,41,42). The van der Waals surface area contributed by atoms with Gasteiger partial charge in [0.1, 0.15) is 0 Å². The van der Waals surface area contributed by atoms with Crippen LogP contribution in [0.2, 0.25) is 0 Å². The number of aliphatic imine (C=N–C) groups is 1. The number of hydrogen-bond donors (Lipinski definition) is 5. The molecular weight excluding hydrogens is 542 g/mol. The Bertz CT molecular complexity index is 2160. The molecule has 6 rings (SSSR count). The number of fused-ring (bicyclic) bond motifs is 7. The summed E-state index contributed by atoms with van der Waals surface area (Å²) in [6, 6.07) is 0. The first-order valence-electron chi connectivity index (χ1n) is 14.4. The maximum atomic E-state index is 13.2. The fraction of sp³-hybridized carbons (Fsp3) is 0.265. The number of H-pyrrole nitrogens is 4. The highest BCUT2D eigenvalue weighted by molar-refractivity contribution is 6.23. The molecule has 0 amide bonds. The summed E-state index contributed by atoms with van der Waals surface area (Å²) in [6.07, 6.45) is 9.26. The summed E-state index contributed by atoms with van der Waals surface area (Å²) in [5.74, 6) is -0.633. The Labute approximate surface area is 248 Å². The van der Waals surface area contributed by atoms with E-state index in [1.54, 1.807) is 0 Å². The molecule has 8 bridgehead atoms. The van der Waals surface area contributed by atoms with Crippen LogP contribution in [-0.4, -0.2) is 43.8 Å². The minimum absolute atomic E-state index is 0.140. The van der Waals surface area contributed by atoms with Gasteiger partial charge in [0.15, 0.2) is 0 Å². The second-order valence-electron chi connectivity index (χ2n) is 11.2. The molecule has 6 heterocycles. The van der Waals surface area contributed by atoms with Crippen LogP contribution in [0.4, 0.5) is 0 Å². The van der Waals surface area contributed by atoms with Crippen LogP contribution >= 0.6 is 0 Å². The fourth-order valence-corrected chi connectivity index (χ4v) is 6.40. The van der Waals surface area contributed by atoms with E-state index in [1.165, 1.54) is 12.7 Å². The van der Waals surface area contributed by atoms with Crippen molar-refractivity contribution in [2.75, 3.05) is 7.11 Å². The molecule has 0 aromatic carbocycles. The number of nitrogens with zero attached hydrogens (tertiary/aromatic N) is 1. The summed E-state index contributed by atoms with van der Waals surface area (Å²) in [5, 5.41) is 13.6. The van der Waals surface area contributed by atoms with Crippen LogP contribution in [0.5, 0.6) is 5.88 Å². The number of methoxy groups -OCH3 is 1. The summed E-state index contributed by atoms with van der Waals surface area (Å²) in [6.45, 7) is 14.2. The first-order chi connectivity index (χ1) is 20.6. The topological polar surface area (TPSA) is 139 Å². The number of carbonyl (C=O) groups is 1.